The molecule has 3 aromatic heterocycles. The fraction of sp³-hybridized carbons (Fsp3) is 0.368. The molecule has 3 aromatic rings. The summed E-state index contributed by atoms with van der Waals surface area (Å²) in [6, 6.07) is 4.15. The molecule has 0 aliphatic heterocycles. The highest BCUT2D eigenvalue weighted by atomic mass is 32.2. The lowest BCUT2D eigenvalue weighted by Gasteiger charge is -2.19. The maximum absolute atomic E-state index is 13.0. The number of pyridine rings is 2. The van der Waals surface area contributed by atoms with Crippen molar-refractivity contribution in [3.63, 3.8) is 0 Å². The lowest BCUT2D eigenvalue weighted by atomic mass is 10.2. The van der Waals surface area contributed by atoms with Gasteiger partial charge in [-0.05, 0) is 19.9 Å². The summed E-state index contributed by atoms with van der Waals surface area (Å²) < 4.78 is 67.3. The van der Waals surface area contributed by atoms with Crippen LogP contribution < -0.4 is 4.74 Å². The Morgan fingerprint density at radius 2 is 1.94 bits per heavy atom. The fourth-order valence-electron chi connectivity index (χ4n) is 2.83. The zero-order valence-electron chi connectivity index (χ0n) is 17.1. The Labute approximate surface area is 176 Å². The van der Waals surface area contributed by atoms with Gasteiger partial charge in [-0.3, -0.25) is 0 Å². The zero-order chi connectivity index (χ0) is 23.2. The predicted molar refractivity (Wildman–Crippen MR) is 107 cm³/mol. The minimum absolute atomic E-state index is 0.0173. The molecular formula is C19H19F3N6O2S. The van der Waals surface area contributed by atoms with Crippen LogP contribution in [0.5, 0.6) is 5.75 Å². The molecule has 3 rings (SSSR count). The van der Waals surface area contributed by atoms with Crippen molar-refractivity contribution in [2.45, 2.75) is 37.4 Å². The number of hydrogen-bond donors (Lipinski definition) is 1. The highest BCUT2D eigenvalue weighted by Gasteiger charge is 2.33. The summed E-state index contributed by atoms with van der Waals surface area (Å²) >= 11 is 0. The zero-order valence-corrected chi connectivity index (χ0v) is 17.9. The Hall–Kier alpha value is -3.20. The van der Waals surface area contributed by atoms with Crippen molar-refractivity contribution in [1.82, 2.24) is 19.5 Å². The van der Waals surface area contributed by atoms with Gasteiger partial charge >= 0.3 is 6.18 Å². The van der Waals surface area contributed by atoms with Crippen LogP contribution in [0.25, 0.3) is 22.6 Å². The van der Waals surface area contributed by atoms with Gasteiger partial charge in [0.25, 0.3) is 0 Å². The first-order chi connectivity index (χ1) is 14.3. The molecule has 1 atom stereocenters. The van der Waals surface area contributed by atoms with E-state index >= 15 is 0 Å². The number of imidazole rings is 1. The van der Waals surface area contributed by atoms with Crippen LogP contribution in [-0.4, -0.2) is 35.1 Å². The lowest BCUT2D eigenvalue weighted by Crippen LogP contribution is -2.25. The summed E-state index contributed by atoms with van der Waals surface area (Å²) in [5.74, 6) is 0.236. The minimum atomic E-state index is -4.63. The number of aromatic nitrogens is 4. The molecule has 0 aliphatic rings. The van der Waals surface area contributed by atoms with E-state index in [4.69, 9.17) is 9.52 Å². The molecule has 1 N–H and O–H groups in total. The van der Waals surface area contributed by atoms with Crippen molar-refractivity contribution >= 4 is 20.8 Å². The topological polar surface area (TPSA) is 118 Å². The van der Waals surface area contributed by atoms with Gasteiger partial charge in [0.1, 0.15) is 23.2 Å². The largest absolute Gasteiger partial charge is 0.471 e. The maximum atomic E-state index is 13.0. The number of rotatable bonds is 5. The Balaban J connectivity index is 2.23. The van der Waals surface area contributed by atoms with E-state index in [9.17, 15) is 22.6 Å². The monoisotopic (exact) mass is 452 g/mol. The van der Waals surface area contributed by atoms with Crippen LogP contribution in [-0.2, 0) is 23.0 Å². The number of nitrogens with zero attached hydrogens (tertiary/aromatic N) is 5. The summed E-state index contributed by atoms with van der Waals surface area (Å²) in [6.45, 7) is 4.64. The van der Waals surface area contributed by atoms with E-state index in [0.29, 0.717) is 5.52 Å². The first-order valence-electron chi connectivity index (χ1n) is 9.06. The quantitative estimate of drug-likeness (QED) is 0.621. The second kappa shape index (κ2) is 7.49. The van der Waals surface area contributed by atoms with E-state index in [1.807, 2.05) is 6.07 Å². The Bertz CT molecular complexity index is 1310. The SMILES string of the molecule is CC[S@@](=N)(=O)c1cc(OC(C)(C)C#N)cnc1-c1nc2cc(C(F)(F)F)ncc2n1C. The highest BCUT2D eigenvalue weighted by molar-refractivity contribution is 7.92. The number of aryl methyl sites for hydroxylation is 1. The van der Waals surface area contributed by atoms with E-state index in [-0.39, 0.29) is 33.4 Å². The second-order valence-corrected chi connectivity index (χ2v) is 9.62. The van der Waals surface area contributed by atoms with Gasteiger partial charge < -0.3 is 9.30 Å². The highest BCUT2D eigenvalue weighted by Crippen LogP contribution is 2.34. The molecule has 0 saturated carbocycles. The Morgan fingerprint density at radius 1 is 1.26 bits per heavy atom. The molecule has 3 heterocycles. The number of alkyl halides is 3. The van der Waals surface area contributed by atoms with Crippen LogP contribution in [0, 0.1) is 16.1 Å². The number of ether oxygens (including phenoxy) is 1. The summed E-state index contributed by atoms with van der Waals surface area (Å²) in [4.78, 5) is 12.0. The van der Waals surface area contributed by atoms with Crippen LogP contribution >= 0.6 is 0 Å². The number of fused-ring (bicyclic) bond motifs is 1. The van der Waals surface area contributed by atoms with E-state index in [2.05, 4.69) is 15.0 Å². The normalized spacial score (nSPS) is 14.3. The van der Waals surface area contributed by atoms with E-state index in [0.717, 1.165) is 12.3 Å². The lowest BCUT2D eigenvalue weighted by molar-refractivity contribution is -0.141. The summed E-state index contributed by atoms with van der Waals surface area (Å²) in [6.07, 6.45) is -2.28. The molecule has 0 bridgehead atoms. The van der Waals surface area contributed by atoms with Crippen LogP contribution in [0.1, 0.15) is 26.5 Å². The molecule has 0 aliphatic carbocycles. The molecule has 31 heavy (non-hydrogen) atoms. The molecule has 0 spiro atoms. The molecule has 0 saturated heterocycles. The van der Waals surface area contributed by atoms with E-state index in [1.54, 1.807) is 14.0 Å². The van der Waals surface area contributed by atoms with Crippen LogP contribution in [0.3, 0.4) is 0 Å². The Morgan fingerprint density at radius 3 is 2.52 bits per heavy atom. The molecular weight excluding hydrogens is 433 g/mol. The summed E-state index contributed by atoms with van der Waals surface area (Å²) in [5.41, 5.74) is -1.84. The van der Waals surface area contributed by atoms with Crippen molar-refractivity contribution in [2.24, 2.45) is 7.05 Å². The van der Waals surface area contributed by atoms with Gasteiger partial charge in [-0.1, -0.05) is 6.92 Å². The molecule has 164 valence electrons. The first-order valence-corrected chi connectivity index (χ1v) is 10.8. The molecule has 12 heteroatoms. The van der Waals surface area contributed by atoms with Gasteiger partial charge in [-0.15, -0.1) is 0 Å². The fourth-order valence-corrected chi connectivity index (χ4v) is 3.90. The van der Waals surface area contributed by atoms with Crippen molar-refractivity contribution in [2.75, 3.05) is 5.75 Å². The molecule has 0 fully saturated rings. The maximum Gasteiger partial charge on any atom is 0.433 e. The second-order valence-electron chi connectivity index (χ2n) is 7.26. The summed E-state index contributed by atoms with van der Waals surface area (Å²) in [7, 11) is -1.76. The van der Waals surface area contributed by atoms with Gasteiger partial charge in [0.2, 0.25) is 0 Å². The summed E-state index contributed by atoms with van der Waals surface area (Å²) in [5, 5.41) is 9.17. The van der Waals surface area contributed by atoms with Crippen LogP contribution in [0.15, 0.2) is 29.4 Å². The van der Waals surface area contributed by atoms with Crippen molar-refractivity contribution in [3.8, 4) is 23.3 Å². The van der Waals surface area contributed by atoms with Gasteiger partial charge in [0.15, 0.2) is 11.4 Å². The number of nitriles is 1. The molecule has 8 nitrogen and oxygen atoms in total. The van der Waals surface area contributed by atoms with Gasteiger partial charge in [0.05, 0.1) is 38.1 Å². The van der Waals surface area contributed by atoms with Gasteiger partial charge in [0, 0.05) is 18.9 Å². The number of hydrogen-bond acceptors (Lipinski definition) is 7. The minimum Gasteiger partial charge on any atom is -0.471 e. The van der Waals surface area contributed by atoms with Crippen LogP contribution in [0.2, 0.25) is 0 Å². The standard InChI is InChI=1S/C19H19F3N6O2S/c1-5-31(24,29)14-6-11(30-18(2,3)10-23)8-26-16(14)17-27-12-7-15(19(20,21)22)25-9-13(12)28(17)4/h6-9,24H,5H2,1-4H3/t31-/m1/s1. The molecule has 0 unspecified atom stereocenters. The third kappa shape index (κ3) is 4.32. The third-order valence-electron chi connectivity index (χ3n) is 4.50. The van der Waals surface area contributed by atoms with E-state index in [1.165, 1.54) is 30.7 Å². The van der Waals surface area contributed by atoms with Crippen molar-refractivity contribution in [1.29, 1.82) is 10.0 Å². The van der Waals surface area contributed by atoms with Crippen LogP contribution in [0.4, 0.5) is 13.2 Å². The molecule has 0 radical (unpaired) electrons. The Kier molecular flexibility index (Phi) is 5.43. The smallest absolute Gasteiger partial charge is 0.433 e. The number of nitrogens with one attached hydrogen (secondary N) is 1. The van der Waals surface area contributed by atoms with Crippen molar-refractivity contribution in [3.05, 3.63) is 30.2 Å². The molecule has 0 amide bonds. The third-order valence-corrected chi connectivity index (χ3v) is 6.34. The van der Waals surface area contributed by atoms with Crippen molar-refractivity contribution < 1.29 is 22.1 Å². The first kappa shape index (κ1) is 22.5. The average molecular weight is 452 g/mol. The van der Waals surface area contributed by atoms with E-state index < -0.39 is 27.2 Å². The van der Waals surface area contributed by atoms with Gasteiger partial charge in [-0.2, -0.15) is 18.4 Å². The average Bonchev–Trinajstić information content (AvgIpc) is 3.03. The molecule has 0 aromatic carbocycles. The van der Waals surface area contributed by atoms with Gasteiger partial charge in [-0.25, -0.2) is 23.9 Å². The number of halogens is 3. The predicted octanol–water partition coefficient (Wildman–Crippen LogP) is 4.16.